The summed E-state index contributed by atoms with van der Waals surface area (Å²) in [7, 11) is 0. The monoisotopic (exact) mass is 447 g/mol. The zero-order valence-electron chi connectivity index (χ0n) is 20.0. The molecule has 2 amide bonds. The lowest BCUT2D eigenvalue weighted by Gasteiger charge is -2.36. The number of imide groups is 1. The first kappa shape index (κ1) is 23.1. The maximum atomic E-state index is 13.7. The highest BCUT2D eigenvalue weighted by atomic mass is 16.5. The topological polar surface area (TPSA) is 53.1 Å². The first-order chi connectivity index (χ1) is 15.9. The minimum atomic E-state index is -0.269. The van der Waals surface area contributed by atoms with Gasteiger partial charge in [0.05, 0.1) is 17.9 Å². The highest BCUT2D eigenvalue weighted by Crippen LogP contribution is 2.36. The normalized spacial score (nSPS) is 17.5. The molecule has 0 N–H and O–H groups in total. The minimum absolute atomic E-state index is 0.245. The molecule has 0 saturated carbocycles. The van der Waals surface area contributed by atoms with Gasteiger partial charge < -0.3 is 14.5 Å². The number of carbonyl (C=O) groups excluding carboxylic acids is 2. The zero-order chi connectivity index (χ0) is 23.5. The fourth-order valence-corrected chi connectivity index (χ4v) is 4.34. The van der Waals surface area contributed by atoms with Crippen LogP contribution in [-0.4, -0.2) is 60.9 Å². The molecule has 0 atom stereocenters. The van der Waals surface area contributed by atoms with Crippen molar-refractivity contribution in [3.8, 4) is 5.75 Å². The Morgan fingerprint density at radius 2 is 1.64 bits per heavy atom. The van der Waals surface area contributed by atoms with Gasteiger partial charge in [-0.1, -0.05) is 45.0 Å². The Labute approximate surface area is 196 Å². The zero-order valence-corrected chi connectivity index (χ0v) is 20.0. The van der Waals surface area contributed by atoms with Crippen LogP contribution in [0.5, 0.6) is 5.75 Å². The molecular formula is C27H33N3O3. The van der Waals surface area contributed by atoms with Crippen LogP contribution in [-0.2, 0) is 9.59 Å². The first-order valence-electron chi connectivity index (χ1n) is 11.8. The summed E-state index contributed by atoms with van der Waals surface area (Å²) in [5.41, 5.74) is 3.34. The Kier molecular flexibility index (Phi) is 6.84. The molecule has 2 heterocycles. The SMILES string of the molecule is CCN1CCN(C2=C(c3ccc(OCC(C)C)cc3)C(=O)N(c3cccc(C)c3)C2=O)CC1. The van der Waals surface area contributed by atoms with Crippen LogP contribution in [0.4, 0.5) is 5.69 Å². The van der Waals surface area contributed by atoms with E-state index in [9.17, 15) is 9.59 Å². The fraction of sp³-hybridized carbons (Fsp3) is 0.407. The summed E-state index contributed by atoms with van der Waals surface area (Å²) in [6.07, 6.45) is 0. The molecule has 0 spiro atoms. The summed E-state index contributed by atoms with van der Waals surface area (Å²) in [5.74, 6) is 0.677. The third-order valence-electron chi connectivity index (χ3n) is 6.18. The third-order valence-corrected chi connectivity index (χ3v) is 6.18. The summed E-state index contributed by atoms with van der Waals surface area (Å²) in [6.45, 7) is 13.1. The summed E-state index contributed by atoms with van der Waals surface area (Å²) in [5, 5.41) is 0. The number of nitrogens with zero attached hydrogens (tertiary/aromatic N) is 3. The van der Waals surface area contributed by atoms with Crippen molar-refractivity contribution < 1.29 is 14.3 Å². The molecule has 2 aliphatic rings. The summed E-state index contributed by atoms with van der Waals surface area (Å²) >= 11 is 0. The number of likely N-dealkylation sites (N-methyl/N-ethyl adjacent to an activating group) is 1. The Balaban J connectivity index is 1.71. The van der Waals surface area contributed by atoms with Crippen molar-refractivity contribution in [2.45, 2.75) is 27.7 Å². The number of anilines is 1. The lowest BCUT2D eigenvalue weighted by Crippen LogP contribution is -2.47. The number of aryl methyl sites for hydroxylation is 1. The molecule has 1 saturated heterocycles. The molecule has 174 valence electrons. The van der Waals surface area contributed by atoms with Gasteiger partial charge in [0.1, 0.15) is 11.4 Å². The number of benzene rings is 2. The molecule has 0 aliphatic carbocycles. The Bertz CT molecular complexity index is 1050. The van der Waals surface area contributed by atoms with Gasteiger partial charge in [-0.3, -0.25) is 9.59 Å². The van der Waals surface area contributed by atoms with Gasteiger partial charge in [-0.05, 0) is 54.8 Å². The Hall–Kier alpha value is -3.12. The highest BCUT2D eigenvalue weighted by molar-refractivity contribution is 6.45. The largest absolute Gasteiger partial charge is 0.493 e. The molecule has 6 nitrogen and oxygen atoms in total. The van der Waals surface area contributed by atoms with Crippen molar-refractivity contribution in [1.82, 2.24) is 9.80 Å². The van der Waals surface area contributed by atoms with E-state index in [-0.39, 0.29) is 11.8 Å². The average molecular weight is 448 g/mol. The van der Waals surface area contributed by atoms with Crippen molar-refractivity contribution in [2.75, 3.05) is 44.2 Å². The minimum Gasteiger partial charge on any atom is -0.493 e. The molecule has 1 fully saturated rings. The molecule has 33 heavy (non-hydrogen) atoms. The number of hydrogen-bond acceptors (Lipinski definition) is 5. The number of piperazine rings is 1. The van der Waals surface area contributed by atoms with Crippen LogP contribution in [0.15, 0.2) is 54.2 Å². The molecule has 0 radical (unpaired) electrons. The van der Waals surface area contributed by atoms with Crippen molar-refractivity contribution in [1.29, 1.82) is 0 Å². The lowest BCUT2D eigenvalue weighted by molar-refractivity contribution is -0.120. The van der Waals surface area contributed by atoms with Gasteiger partial charge in [-0.15, -0.1) is 0 Å². The Morgan fingerprint density at radius 3 is 2.24 bits per heavy atom. The summed E-state index contributed by atoms with van der Waals surface area (Å²) in [6, 6.07) is 15.1. The third kappa shape index (κ3) is 4.81. The van der Waals surface area contributed by atoms with E-state index in [1.165, 1.54) is 4.90 Å². The van der Waals surface area contributed by atoms with Gasteiger partial charge in [0.15, 0.2) is 0 Å². The number of carbonyl (C=O) groups is 2. The maximum Gasteiger partial charge on any atom is 0.282 e. The van der Waals surface area contributed by atoms with Gasteiger partial charge >= 0.3 is 0 Å². The molecule has 0 unspecified atom stereocenters. The van der Waals surface area contributed by atoms with Crippen LogP contribution in [0.25, 0.3) is 5.57 Å². The van der Waals surface area contributed by atoms with Crippen LogP contribution < -0.4 is 9.64 Å². The molecule has 2 aromatic carbocycles. The smallest absolute Gasteiger partial charge is 0.282 e. The second-order valence-corrected chi connectivity index (χ2v) is 9.16. The molecule has 0 aromatic heterocycles. The van der Waals surface area contributed by atoms with Crippen LogP contribution in [0.1, 0.15) is 31.9 Å². The fourth-order valence-electron chi connectivity index (χ4n) is 4.34. The van der Waals surface area contributed by atoms with Gasteiger partial charge in [-0.25, -0.2) is 4.90 Å². The van der Waals surface area contributed by atoms with Gasteiger partial charge in [-0.2, -0.15) is 0 Å². The average Bonchev–Trinajstić information content (AvgIpc) is 3.08. The molecule has 6 heteroatoms. The predicted octanol–water partition coefficient (Wildman–Crippen LogP) is 3.95. The van der Waals surface area contributed by atoms with Crippen LogP contribution >= 0.6 is 0 Å². The maximum absolute atomic E-state index is 13.7. The van der Waals surface area contributed by atoms with Crippen molar-refractivity contribution in [3.05, 3.63) is 65.4 Å². The number of amides is 2. The Morgan fingerprint density at radius 1 is 0.939 bits per heavy atom. The second kappa shape index (κ2) is 9.79. The molecule has 4 rings (SSSR count). The van der Waals surface area contributed by atoms with Gasteiger partial charge in [0, 0.05) is 26.2 Å². The standard InChI is InChI=1S/C27H33N3O3/c1-5-28-13-15-29(16-14-28)25-24(21-9-11-23(12-10-21)33-18-19(2)3)26(31)30(27(25)32)22-8-6-7-20(4)17-22/h6-12,17,19H,5,13-16,18H2,1-4H3. The molecule has 2 aromatic rings. The number of ether oxygens (including phenoxy) is 1. The number of hydrogen-bond donors (Lipinski definition) is 0. The van der Waals surface area contributed by atoms with Gasteiger partial charge in [0.2, 0.25) is 0 Å². The molecular weight excluding hydrogens is 414 g/mol. The lowest BCUT2D eigenvalue weighted by atomic mass is 10.0. The summed E-state index contributed by atoms with van der Waals surface area (Å²) < 4.78 is 5.81. The highest BCUT2D eigenvalue weighted by Gasteiger charge is 2.43. The van der Waals surface area contributed by atoms with Crippen molar-refractivity contribution >= 4 is 23.1 Å². The van der Waals surface area contributed by atoms with E-state index >= 15 is 0 Å². The first-order valence-corrected chi connectivity index (χ1v) is 11.8. The van der Waals surface area contributed by atoms with E-state index in [0.717, 1.165) is 49.6 Å². The summed E-state index contributed by atoms with van der Waals surface area (Å²) in [4.78, 5) is 33.1. The van der Waals surface area contributed by atoms with E-state index in [1.54, 1.807) is 0 Å². The number of rotatable bonds is 7. The van der Waals surface area contributed by atoms with E-state index in [0.29, 0.717) is 29.5 Å². The van der Waals surface area contributed by atoms with E-state index in [4.69, 9.17) is 4.74 Å². The van der Waals surface area contributed by atoms with Gasteiger partial charge in [0.25, 0.3) is 11.8 Å². The van der Waals surface area contributed by atoms with E-state index in [1.807, 2.05) is 55.5 Å². The van der Waals surface area contributed by atoms with E-state index < -0.39 is 0 Å². The van der Waals surface area contributed by atoms with Crippen LogP contribution in [0, 0.1) is 12.8 Å². The predicted molar refractivity (Wildman–Crippen MR) is 131 cm³/mol. The van der Waals surface area contributed by atoms with Crippen LogP contribution in [0.2, 0.25) is 0 Å². The van der Waals surface area contributed by atoms with Crippen LogP contribution in [0.3, 0.4) is 0 Å². The molecule has 2 aliphatic heterocycles. The quantitative estimate of drug-likeness (QED) is 0.602. The van der Waals surface area contributed by atoms with Crippen molar-refractivity contribution in [3.63, 3.8) is 0 Å². The van der Waals surface area contributed by atoms with E-state index in [2.05, 4.69) is 30.6 Å². The second-order valence-electron chi connectivity index (χ2n) is 9.16. The van der Waals surface area contributed by atoms with Crippen molar-refractivity contribution in [2.24, 2.45) is 5.92 Å². The molecule has 0 bridgehead atoms.